The van der Waals surface area contributed by atoms with Gasteiger partial charge in [0.05, 0.1) is 6.61 Å². The zero-order chi connectivity index (χ0) is 20.5. The van der Waals surface area contributed by atoms with Gasteiger partial charge in [0.1, 0.15) is 6.61 Å². The molecule has 0 bridgehead atoms. The largest absolute Gasteiger partial charge is 0.463 e. The van der Waals surface area contributed by atoms with Crippen molar-refractivity contribution in [2.45, 2.75) is 136 Å². The van der Waals surface area contributed by atoms with Crippen molar-refractivity contribution in [3.05, 3.63) is 0 Å². The molecule has 0 amide bonds. The van der Waals surface area contributed by atoms with Crippen LogP contribution in [0.4, 0.5) is 0 Å². The summed E-state index contributed by atoms with van der Waals surface area (Å²) in [5.74, 6) is -0.0685. The highest BCUT2D eigenvalue weighted by atomic mass is 16.6. The van der Waals surface area contributed by atoms with Gasteiger partial charge in [-0.3, -0.25) is 4.79 Å². The van der Waals surface area contributed by atoms with Crippen LogP contribution in [-0.2, 0) is 14.3 Å². The van der Waals surface area contributed by atoms with E-state index in [1.807, 2.05) is 0 Å². The number of carbonyl (C=O) groups is 1. The number of carbonyl (C=O) groups excluding carboxylic acids is 1. The van der Waals surface area contributed by atoms with Gasteiger partial charge in [-0.2, -0.15) is 0 Å². The Morgan fingerprint density at radius 2 is 0.929 bits per heavy atom. The summed E-state index contributed by atoms with van der Waals surface area (Å²) in [4.78, 5) is 11.6. The molecule has 0 rings (SSSR count). The Kier molecular flexibility index (Phi) is 24.0. The average molecular weight is 399 g/mol. The zero-order valence-electron chi connectivity index (χ0n) is 19.3. The fourth-order valence-electron chi connectivity index (χ4n) is 3.48. The van der Waals surface area contributed by atoms with Crippen molar-refractivity contribution < 1.29 is 14.3 Å². The molecule has 0 aromatic rings. The number of esters is 1. The van der Waals surface area contributed by atoms with Crippen LogP contribution in [0.25, 0.3) is 0 Å². The van der Waals surface area contributed by atoms with Crippen molar-refractivity contribution in [3.8, 4) is 0 Å². The predicted octanol–water partition coefficient (Wildman–Crippen LogP) is 8.00. The van der Waals surface area contributed by atoms with E-state index in [0.717, 1.165) is 25.9 Å². The van der Waals surface area contributed by atoms with Crippen LogP contribution >= 0.6 is 0 Å². The molecule has 0 spiro atoms. The van der Waals surface area contributed by atoms with E-state index in [1.165, 1.54) is 96.3 Å². The number of unbranched alkanes of at least 4 members (excludes halogenated alkanes) is 16. The Labute approximate surface area is 176 Å². The fraction of sp³-hybridized carbons (Fsp3) is 0.960. The fourth-order valence-corrected chi connectivity index (χ4v) is 3.48. The molecule has 0 fully saturated rings. The van der Waals surface area contributed by atoms with Gasteiger partial charge in [-0.1, -0.05) is 117 Å². The maximum Gasteiger partial charge on any atom is 0.305 e. The second kappa shape index (κ2) is 24.5. The molecule has 0 aromatic heterocycles. The maximum atomic E-state index is 11.6. The molecule has 168 valence electrons. The minimum absolute atomic E-state index is 0.0685. The summed E-state index contributed by atoms with van der Waals surface area (Å²) in [5, 5.41) is 0. The third-order valence-corrected chi connectivity index (χ3v) is 5.37. The Bertz CT molecular complexity index is 304. The molecule has 0 aromatic carbocycles. The lowest BCUT2D eigenvalue weighted by Gasteiger charge is -2.06. The van der Waals surface area contributed by atoms with E-state index in [-0.39, 0.29) is 5.97 Å². The first-order valence-electron chi connectivity index (χ1n) is 12.5. The summed E-state index contributed by atoms with van der Waals surface area (Å²) in [6, 6.07) is 0. The molecule has 0 unspecified atom stereocenters. The molecule has 0 saturated carbocycles. The van der Waals surface area contributed by atoms with E-state index < -0.39 is 0 Å². The molecule has 0 heterocycles. The van der Waals surface area contributed by atoms with E-state index in [1.54, 1.807) is 0 Å². The van der Waals surface area contributed by atoms with Gasteiger partial charge in [0, 0.05) is 13.0 Å². The molecular weight excluding hydrogens is 348 g/mol. The third-order valence-electron chi connectivity index (χ3n) is 5.37. The molecule has 0 aliphatic carbocycles. The van der Waals surface area contributed by atoms with Gasteiger partial charge in [0.2, 0.25) is 0 Å². The first-order chi connectivity index (χ1) is 13.8. The quantitative estimate of drug-likeness (QED) is 0.129. The number of ether oxygens (including phenoxy) is 2. The highest BCUT2D eigenvalue weighted by Crippen LogP contribution is 2.12. The zero-order valence-corrected chi connectivity index (χ0v) is 19.3. The van der Waals surface area contributed by atoms with Gasteiger partial charge in [-0.15, -0.1) is 0 Å². The second-order valence-corrected chi connectivity index (χ2v) is 8.24. The van der Waals surface area contributed by atoms with Crippen molar-refractivity contribution in [2.75, 3.05) is 19.8 Å². The van der Waals surface area contributed by atoms with Gasteiger partial charge < -0.3 is 9.47 Å². The van der Waals surface area contributed by atoms with Crippen molar-refractivity contribution in [1.82, 2.24) is 0 Å². The molecule has 3 nitrogen and oxygen atoms in total. The molecule has 0 saturated heterocycles. The molecular formula is C25H50O3. The molecule has 0 N–H and O–H groups in total. The van der Waals surface area contributed by atoms with Gasteiger partial charge in [0.15, 0.2) is 0 Å². The van der Waals surface area contributed by atoms with E-state index in [9.17, 15) is 4.79 Å². The van der Waals surface area contributed by atoms with Crippen LogP contribution in [0.1, 0.15) is 136 Å². The van der Waals surface area contributed by atoms with E-state index in [4.69, 9.17) is 9.47 Å². The molecule has 3 heteroatoms. The van der Waals surface area contributed by atoms with Crippen LogP contribution in [0.2, 0.25) is 0 Å². The summed E-state index contributed by atoms with van der Waals surface area (Å²) in [7, 11) is 0. The highest BCUT2D eigenvalue weighted by Gasteiger charge is 2.02. The summed E-state index contributed by atoms with van der Waals surface area (Å²) in [6.07, 6.45) is 24.2. The van der Waals surface area contributed by atoms with E-state index >= 15 is 0 Å². The van der Waals surface area contributed by atoms with Gasteiger partial charge in [0.25, 0.3) is 0 Å². The maximum absolute atomic E-state index is 11.6. The van der Waals surface area contributed by atoms with Crippen LogP contribution in [0.5, 0.6) is 0 Å². The normalized spacial score (nSPS) is 11.1. The monoisotopic (exact) mass is 398 g/mol. The SMILES string of the molecule is CCCCCCCCCCCCCCCOCCOC(=O)CCCCCCC. The van der Waals surface area contributed by atoms with Crippen LogP contribution in [0, 0.1) is 0 Å². The lowest BCUT2D eigenvalue weighted by atomic mass is 10.0. The number of hydrogen-bond donors (Lipinski definition) is 0. The standard InChI is InChI=1S/C25H50O3/c1-3-5-7-9-10-11-12-13-14-15-16-18-20-22-27-23-24-28-25(26)21-19-17-8-6-4-2/h3-24H2,1-2H3. The minimum Gasteiger partial charge on any atom is -0.463 e. The Hall–Kier alpha value is -0.570. The van der Waals surface area contributed by atoms with Gasteiger partial charge in [-0.25, -0.2) is 0 Å². The van der Waals surface area contributed by atoms with E-state index in [2.05, 4.69) is 13.8 Å². The van der Waals surface area contributed by atoms with Crippen LogP contribution in [0.3, 0.4) is 0 Å². The average Bonchev–Trinajstić information content (AvgIpc) is 2.70. The van der Waals surface area contributed by atoms with Crippen molar-refractivity contribution in [2.24, 2.45) is 0 Å². The predicted molar refractivity (Wildman–Crippen MR) is 121 cm³/mol. The smallest absolute Gasteiger partial charge is 0.305 e. The summed E-state index contributed by atoms with van der Waals surface area (Å²) >= 11 is 0. The lowest BCUT2D eigenvalue weighted by molar-refractivity contribution is -0.145. The summed E-state index contributed by atoms with van der Waals surface area (Å²) in [5.41, 5.74) is 0. The topological polar surface area (TPSA) is 35.5 Å². The summed E-state index contributed by atoms with van der Waals surface area (Å²) in [6.45, 7) is 6.23. The van der Waals surface area contributed by atoms with Gasteiger partial charge >= 0.3 is 5.97 Å². The molecule has 28 heavy (non-hydrogen) atoms. The molecule has 0 atom stereocenters. The lowest BCUT2D eigenvalue weighted by Crippen LogP contribution is -2.10. The molecule has 0 aliphatic rings. The Balaban J connectivity index is 3.09. The van der Waals surface area contributed by atoms with Gasteiger partial charge in [-0.05, 0) is 12.8 Å². The Morgan fingerprint density at radius 1 is 0.500 bits per heavy atom. The molecule has 0 radical (unpaired) electrons. The number of hydrogen-bond acceptors (Lipinski definition) is 3. The Morgan fingerprint density at radius 3 is 1.43 bits per heavy atom. The van der Waals surface area contributed by atoms with Crippen molar-refractivity contribution in [1.29, 1.82) is 0 Å². The first kappa shape index (κ1) is 27.4. The van der Waals surface area contributed by atoms with Crippen molar-refractivity contribution >= 4 is 5.97 Å². The summed E-state index contributed by atoms with van der Waals surface area (Å²) < 4.78 is 10.8. The van der Waals surface area contributed by atoms with Crippen LogP contribution in [0.15, 0.2) is 0 Å². The first-order valence-corrected chi connectivity index (χ1v) is 12.5. The van der Waals surface area contributed by atoms with E-state index in [0.29, 0.717) is 19.6 Å². The third kappa shape index (κ3) is 23.5. The van der Waals surface area contributed by atoms with Crippen molar-refractivity contribution in [3.63, 3.8) is 0 Å². The van der Waals surface area contributed by atoms with Crippen LogP contribution < -0.4 is 0 Å². The highest BCUT2D eigenvalue weighted by molar-refractivity contribution is 5.69. The molecule has 0 aliphatic heterocycles. The second-order valence-electron chi connectivity index (χ2n) is 8.24. The van der Waals surface area contributed by atoms with Crippen LogP contribution in [-0.4, -0.2) is 25.8 Å². The minimum atomic E-state index is -0.0685. The number of rotatable bonds is 23.